The Morgan fingerprint density at radius 1 is 1.17 bits per heavy atom. The highest BCUT2D eigenvalue weighted by atomic mass is 32.2. The fourth-order valence-electron chi connectivity index (χ4n) is 3.07. The maximum atomic E-state index is 13.7. The number of aromatic amines is 1. The maximum absolute atomic E-state index is 13.7. The summed E-state index contributed by atoms with van der Waals surface area (Å²) in [5, 5.41) is 2.03. The van der Waals surface area contributed by atoms with Crippen LogP contribution in [-0.4, -0.2) is 4.98 Å². The van der Waals surface area contributed by atoms with Gasteiger partial charge in [-0.15, -0.1) is 0 Å². The van der Waals surface area contributed by atoms with Crippen molar-refractivity contribution >= 4 is 27.6 Å². The quantitative estimate of drug-likeness (QED) is 0.563. The van der Waals surface area contributed by atoms with E-state index in [-0.39, 0.29) is 11.7 Å². The highest BCUT2D eigenvalue weighted by Crippen LogP contribution is 2.49. The lowest BCUT2D eigenvalue weighted by molar-refractivity contribution is 0.629. The van der Waals surface area contributed by atoms with E-state index < -0.39 is 0 Å². The molecule has 2 heterocycles. The molecule has 3 heteroatoms. The van der Waals surface area contributed by atoms with Crippen LogP contribution in [0, 0.1) is 5.82 Å². The van der Waals surface area contributed by atoms with Crippen molar-refractivity contribution < 1.29 is 4.39 Å². The number of thioether (sulfide) groups is 1. The number of halogens is 1. The topological polar surface area (TPSA) is 15.8 Å². The van der Waals surface area contributed by atoms with E-state index in [1.807, 2.05) is 25.1 Å². The predicted molar refractivity (Wildman–Crippen MR) is 96.1 cm³/mol. The Balaban J connectivity index is 1.91. The molecule has 0 spiro atoms. The van der Waals surface area contributed by atoms with Crippen molar-refractivity contribution in [1.82, 2.24) is 4.98 Å². The van der Waals surface area contributed by atoms with Crippen molar-refractivity contribution in [2.75, 3.05) is 0 Å². The van der Waals surface area contributed by atoms with Gasteiger partial charge in [-0.2, -0.15) is 0 Å². The van der Waals surface area contributed by atoms with Gasteiger partial charge in [0.05, 0.1) is 5.03 Å². The summed E-state index contributed by atoms with van der Waals surface area (Å²) in [6, 6.07) is 15.2. The maximum Gasteiger partial charge on any atom is 0.123 e. The van der Waals surface area contributed by atoms with Crippen LogP contribution in [0.15, 0.2) is 71.8 Å². The Kier molecular flexibility index (Phi) is 3.38. The number of allylic oxidation sites excluding steroid dienone is 2. The number of nitrogens with one attached hydrogen (secondary N) is 1. The summed E-state index contributed by atoms with van der Waals surface area (Å²) in [6.45, 7) is 6.18. The second-order valence-corrected chi connectivity index (χ2v) is 6.93. The van der Waals surface area contributed by atoms with Crippen molar-refractivity contribution in [3.05, 3.63) is 83.7 Å². The molecule has 0 saturated carbocycles. The molecular weight excluding hydrogens is 305 g/mol. The van der Waals surface area contributed by atoms with Gasteiger partial charge >= 0.3 is 0 Å². The molecule has 1 unspecified atom stereocenters. The van der Waals surface area contributed by atoms with E-state index in [0.717, 1.165) is 27.1 Å². The third-order valence-corrected chi connectivity index (χ3v) is 5.31. The molecule has 2 aromatic carbocycles. The van der Waals surface area contributed by atoms with Gasteiger partial charge in [0, 0.05) is 27.3 Å². The van der Waals surface area contributed by atoms with Crippen molar-refractivity contribution in [2.45, 2.75) is 17.9 Å². The lowest BCUT2D eigenvalue weighted by Gasteiger charge is -2.22. The van der Waals surface area contributed by atoms with Gasteiger partial charge in [0.15, 0.2) is 0 Å². The molecule has 1 aromatic heterocycles. The van der Waals surface area contributed by atoms with Gasteiger partial charge in [0.1, 0.15) is 5.82 Å². The highest BCUT2D eigenvalue weighted by molar-refractivity contribution is 8.08. The first-order valence-electron chi connectivity index (χ1n) is 7.55. The van der Waals surface area contributed by atoms with Crippen LogP contribution < -0.4 is 0 Å². The van der Waals surface area contributed by atoms with Gasteiger partial charge in [0.2, 0.25) is 0 Å². The minimum absolute atomic E-state index is 0.0945. The minimum Gasteiger partial charge on any atom is -0.349 e. The molecule has 0 aliphatic carbocycles. The standard InChI is InChI=1S/C20H16FNS/c1-12(2)15-11-18(13-6-4-3-5-7-13)23-20-19(15)16-10-14(21)8-9-17(16)22-20/h3-11,15,22H,1H2,2H3. The summed E-state index contributed by atoms with van der Waals surface area (Å²) in [5.41, 5.74) is 4.36. The van der Waals surface area contributed by atoms with Gasteiger partial charge in [-0.05, 0) is 30.7 Å². The van der Waals surface area contributed by atoms with E-state index in [4.69, 9.17) is 0 Å². The molecule has 0 amide bonds. The molecule has 23 heavy (non-hydrogen) atoms. The summed E-state index contributed by atoms with van der Waals surface area (Å²) in [7, 11) is 0. The Bertz CT molecular complexity index is 937. The Morgan fingerprint density at radius 3 is 2.70 bits per heavy atom. The van der Waals surface area contributed by atoms with Gasteiger partial charge < -0.3 is 4.98 Å². The van der Waals surface area contributed by atoms with E-state index >= 15 is 0 Å². The molecule has 1 aliphatic heterocycles. The molecule has 4 rings (SSSR count). The number of aromatic nitrogens is 1. The third kappa shape index (κ3) is 2.41. The van der Waals surface area contributed by atoms with Crippen LogP contribution in [0.5, 0.6) is 0 Å². The number of rotatable bonds is 2. The van der Waals surface area contributed by atoms with E-state index in [9.17, 15) is 4.39 Å². The molecule has 0 bridgehead atoms. The lowest BCUT2D eigenvalue weighted by atomic mass is 9.91. The number of hydrogen-bond acceptors (Lipinski definition) is 1. The summed E-state index contributed by atoms with van der Waals surface area (Å²) in [5.74, 6) is -0.111. The first-order valence-corrected chi connectivity index (χ1v) is 8.37. The smallest absolute Gasteiger partial charge is 0.123 e. The van der Waals surface area contributed by atoms with Crippen LogP contribution >= 0.6 is 11.8 Å². The SMILES string of the molecule is C=C(C)C1C=C(c2ccccc2)Sc2[nH]c3ccc(F)cc3c21. The van der Waals surface area contributed by atoms with Crippen LogP contribution in [0.3, 0.4) is 0 Å². The number of benzene rings is 2. The van der Waals surface area contributed by atoms with Crippen molar-refractivity contribution in [1.29, 1.82) is 0 Å². The van der Waals surface area contributed by atoms with E-state index in [2.05, 4.69) is 29.8 Å². The van der Waals surface area contributed by atoms with Gasteiger partial charge in [0.25, 0.3) is 0 Å². The molecule has 0 fully saturated rings. The molecule has 1 atom stereocenters. The monoisotopic (exact) mass is 321 g/mol. The van der Waals surface area contributed by atoms with Crippen LogP contribution in [0.4, 0.5) is 4.39 Å². The normalized spacial score (nSPS) is 17.0. The molecule has 0 saturated heterocycles. The average molecular weight is 321 g/mol. The van der Waals surface area contributed by atoms with E-state index in [1.165, 1.54) is 16.5 Å². The molecular formula is C20H16FNS. The predicted octanol–water partition coefficient (Wildman–Crippen LogP) is 6.11. The molecule has 1 N–H and O–H groups in total. The van der Waals surface area contributed by atoms with E-state index in [1.54, 1.807) is 23.9 Å². The lowest BCUT2D eigenvalue weighted by Crippen LogP contribution is -2.02. The van der Waals surface area contributed by atoms with Crippen molar-refractivity contribution in [3.63, 3.8) is 0 Å². The fourth-order valence-corrected chi connectivity index (χ4v) is 4.26. The molecule has 3 aromatic rings. The number of H-pyrrole nitrogens is 1. The van der Waals surface area contributed by atoms with Gasteiger partial charge in [-0.1, -0.05) is 60.3 Å². The first kappa shape index (κ1) is 14.3. The molecule has 0 radical (unpaired) electrons. The first-order chi connectivity index (χ1) is 11.1. The van der Waals surface area contributed by atoms with Crippen molar-refractivity contribution in [2.24, 2.45) is 0 Å². The van der Waals surface area contributed by atoms with Crippen LogP contribution in [0.2, 0.25) is 0 Å². The molecule has 1 aliphatic rings. The summed E-state index contributed by atoms with van der Waals surface area (Å²) in [6.07, 6.45) is 2.24. The van der Waals surface area contributed by atoms with Crippen LogP contribution in [0.1, 0.15) is 24.0 Å². The summed E-state index contributed by atoms with van der Waals surface area (Å²) < 4.78 is 13.7. The van der Waals surface area contributed by atoms with E-state index in [0.29, 0.717) is 0 Å². The number of fused-ring (bicyclic) bond motifs is 3. The Morgan fingerprint density at radius 2 is 1.96 bits per heavy atom. The second-order valence-electron chi connectivity index (χ2n) is 5.88. The zero-order valence-corrected chi connectivity index (χ0v) is 13.6. The zero-order chi connectivity index (χ0) is 16.0. The Hall–Kier alpha value is -2.26. The fraction of sp³-hybridized carbons (Fsp3) is 0.100. The third-order valence-electron chi connectivity index (χ3n) is 4.19. The van der Waals surface area contributed by atoms with Crippen LogP contribution in [0.25, 0.3) is 15.8 Å². The average Bonchev–Trinajstić information content (AvgIpc) is 2.92. The highest BCUT2D eigenvalue weighted by Gasteiger charge is 2.26. The van der Waals surface area contributed by atoms with Gasteiger partial charge in [-0.3, -0.25) is 0 Å². The Labute approximate surface area is 138 Å². The van der Waals surface area contributed by atoms with Gasteiger partial charge in [-0.25, -0.2) is 4.39 Å². The van der Waals surface area contributed by atoms with Crippen LogP contribution in [-0.2, 0) is 0 Å². The number of hydrogen-bond donors (Lipinski definition) is 1. The summed E-state index contributed by atoms with van der Waals surface area (Å²) >= 11 is 1.70. The molecule has 1 nitrogen and oxygen atoms in total. The molecule has 114 valence electrons. The summed E-state index contributed by atoms with van der Waals surface area (Å²) in [4.78, 5) is 4.65. The largest absolute Gasteiger partial charge is 0.349 e. The minimum atomic E-state index is -0.206. The zero-order valence-electron chi connectivity index (χ0n) is 12.8. The van der Waals surface area contributed by atoms with Crippen molar-refractivity contribution in [3.8, 4) is 0 Å². The second kappa shape index (κ2) is 5.43.